The van der Waals surface area contributed by atoms with Crippen LogP contribution in [0.1, 0.15) is 5.56 Å². The molecular weight excluding hydrogens is 158 g/mol. The average molecular weight is 166 g/mol. The molecule has 0 heterocycles. The molecule has 0 saturated heterocycles. The van der Waals surface area contributed by atoms with Crippen molar-refractivity contribution in [2.75, 3.05) is 0 Å². The Morgan fingerprint density at radius 3 is 2.55 bits per heavy atom. The number of rotatable bonds is 2. The number of alkyl halides is 1. The number of hydrogen-bond acceptors (Lipinski definition) is 1. The van der Waals surface area contributed by atoms with Gasteiger partial charge in [-0.15, -0.1) is 11.6 Å². The van der Waals surface area contributed by atoms with Crippen molar-refractivity contribution in [2.24, 2.45) is 0 Å². The van der Waals surface area contributed by atoms with E-state index in [1.54, 1.807) is 0 Å². The molecule has 0 radical (unpaired) electrons. The van der Waals surface area contributed by atoms with Gasteiger partial charge < -0.3 is 0 Å². The summed E-state index contributed by atoms with van der Waals surface area (Å²) in [6.45, 7) is 0. The molecule has 0 aliphatic carbocycles. The second kappa shape index (κ2) is 4.00. The molecule has 0 spiro atoms. The Balaban J connectivity index is 2.60. The van der Waals surface area contributed by atoms with Crippen molar-refractivity contribution in [1.82, 2.24) is 0 Å². The minimum absolute atomic E-state index is 0.405. The van der Waals surface area contributed by atoms with E-state index in [0.717, 1.165) is 5.56 Å². The summed E-state index contributed by atoms with van der Waals surface area (Å²) in [5, 5.41) is 8.01. The molecule has 0 aromatic heterocycles. The number of nitrogens with zero attached hydrogens (tertiary/aromatic N) is 1. The lowest BCUT2D eigenvalue weighted by atomic mass is 10.1. The highest BCUT2D eigenvalue weighted by atomic mass is 35.5. The van der Waals surface area contributed by atoms with Gasteiger partial charge >= 0.3 is 0 Å². The Morgan fingerprint density at radius 2 is 2.00 bits per heavy atom. The topological polar surface area (TPSA) is 23.8 Å². The third-order valence-electron chi connectivity index (χ3n) is 1.40. The molecule has 1 aromatic rings. The van der Waals surface area contributed by atoms with Gasteiger partial charge in [0.15, 0.2) is 0 Å². The van der Waals surface area contributed by atoms with E-state index in [4.69, 9.17) is 16.9 Å². The van der Waals surface area contributed by atoms with Crippen LogP contribution in [0.15, 0.2) is 30.3 Å². The molecular formula is C9H8ClN. The fourth-order valence-electron chi connectivity index (χ4n) is 0.867. The molecule has 2 heteroatoms. The molecule has 0 aliphatic heterocycles. The van der Waals surface area contributed by atoms with Crippen LogP contribution in [0, 0.1) is 11.3 Å². The van der Waals surface area contributed by atoms with E-state index in [0.29, 0.717) is 6.42 Å². The first kappa shape index (κ1) is 8.10. The lowest BCUT2D eigenvalue weighted by Crippen LogP contribution is -1.98. The van der Waals surface area contributed by atoms with Crippen LogP contribution < -0.4 is 0 Å². The van der Waals surface area contributed by atoms with Crippen LogP contribution in [0.5, 0.6) is 0 Å². The zero-order valence-electron chi connectivity index (χ0n) is 6.00. The molecule has 56 valence electrons. The summed E-state index contributed by atoms with van der Waals surface area (Å²) < 4.78 is 0. The summed E-state index contributed by atoms with van der Waals surface area (Å²) in [5.74, 6) is 0. The Morgan fingerprint density at radius 1 is 1.36 bits per heavy atom. The fourth-order valence-corrected chi connectivity index (χ4v) is 1.04. The lowest BCUT2D eigenvalue weighted by Gasteiger charge is -1.98. The van der Waals surface area contributed by atoms with Gasteiger partial charge in [-0.25, -0.2) is 0 Å². The lowest BCUT2D eigenvalue weighted by molar-refractivity contribution is 1.02. The van der Waals surface area contributed by atoms with E-state index in [1.807, 2.05) is 36.4 Å². The Kier molecular flexibility index (Phi) is 2.95. The average Bonchev–Trinajstić information content (AvgIpc) is 2.06. The number of halogens is 1. The highest BCUT2D eigenvalue weighted by Gasteiger charge is 2.01. The third-order valence-corrected chi connectivity index (χ3v) is 1.65. The van der Waals surface area contributed by atoms with Crippen LogP contribution in [0.3, 0.4) is 0 Å². The van der Waals surface area contributed by atoms with Crippen LogP contribution in [-0.4, -0.2) is 5.38 Å². The normalized spacial score (nSPS) is 12.0. The van der Waals surface area contributed by atoms with Crippen molar-refractivity contribution in [2.45, 2.75) is 11.8 Å². The first-order chi connectivity index (χ1) is 5.33. The number of hydrogen-bond donors (Lipinski definition) is 0. The Bertz CT molecular complexity index is 250. The number of nitriles is 1. The SMILES string of the molecule is N#CC(Cl)Cc1ccccc1. The summed E-state index contributed by atoms with van der Waals surface area (Å²) >= 11 is 5.64. The van der Waals surface area contributed by atoms with Gasteiger partial charge in [-0.05, 0) is 5.56 Å². The first-order valence-electron chi connectivity index (χ1n) is 3.40. The van der Waals surface area contributed by atoms with Crippen LogP contribution in [0.4, 0.5) is 0 Å². The Labute approximate surface area is 71.2 Å². The second-order valence-corrected chi connectivity index (χ2v) is 2.81. The molecule has 0 bridgehead atoms. The minimum atomic E-state index is -0.405. The molecule has 0 amide bonds. The van der Waals surface area contributed by atoms with Crippen LogP contribution in [0.2, 0.25) is 0 Å². The summed E-state index contributed by atoms with van der Waals surface area (Å²) in [6.07, 6.45) is 0.624. The molecule has 0 saturated carbocycles. The summed E-state index contributed by atoms with van der Waals surface area (Å²) in [4.78, 5) is 0. The van der Waals surface area contributed by atoms with Gasteiger partial charge in [0.1, 0.15) is 5.38 Å². The molecule has 1 nitrogen and oxygen atoms in total. The summed E-state index contributed by atoms with van der Waals surface area (Å²) in [7, 11) is 0. The Hall–Kier alpha value is -1.00. The molecule has 11 heavy (non-hydrogen) atoms. The maximum absolute atomic E-state index is 8.41. The van der Waals surface area contributed by atoms with E-state index in [1.165, 1.54) is 0 Å². The molecule has 1 atom stereocenters. The van der Waals surface area contributed by atoms with Gasteiger partial charge in [-0.3, -0.25) is 0 Å². The van der Waals surface area contributed by atoms with Crippen molar-refractivity contribution in [3.63, 3.8) is 0 Å². The van der Waals surface area contributed by atoms with Gasteiger partial charge in [0.25, 0.3) is 0 Å². The van der Waals surface area contributed by atoms with E-state index in [9.17, 15) is 0 Å². The molecule has 1 rings (SSSR count). The minimum Gasteiger partial charge on any atom is -0.197 e. The van der Waals surface area contributed by atoms with E-state index >= 15 is 0 Å². The molecule has 1 unspecified atom stereocenters. The third kappa shape index (κ3) is 2.61. The summed E-state index contributed by atoms with van der Waals surface area (Å²) in [5.41, 5.74) is 1.11. The monoisotopic (exact) mass is 165 g/mol. The van der Waals surface area contributed by atoms with Crippen molar-refractivity contribution in [3.8, 4) is 6.07 Å². The van der Waals surface area contributed by atoms with Crippen molar-refractivity contribution >= 4 is 11.6 Å². The predicted molar refractivity (Wildman–Crippen MR) is 45.4 cm³/mol. The zero-order valence-corrected chi connectivity index (χ0v) is 6.75. The number of benzene rings is 1. The van der Waals surface area contributed by atoms with Crippen LogP contribution in [0.25, 0.3) is 0 Å². The molecule has 1 aromatic carbocycles. The summed E-state index contributed by atoms with van der Waals surface area (Å²) in [6, 6.07) is 11.7. The van der Waals surface area contributed by atoms with Gasteiger partial charge in [0.2, 0.25) is 0 Å². The van der Waals surface area contributed by atoms with Crippen molar-refractivity contribution in [1.29, 1.82) is 5.26 Å². The highest BCUT2D eigenvalue weighted by molar-refractivity contribution is 6.22. The largest absolute Gasteiger partial charge is 0.197 e. The molecule has 0 N–H and O–H groups in total. The van der Waals surface area contributed by atoms with E-state index in [2.05, 4.69) is 0 Å². The van der Waals surface area contributed by atoms with Crippen molar-refractivity contribution < 1.29 is 0 Å². The van der Waals surface area contributed by atoms with Crippen LogP contribution >= 0.6 is 11.6 Å². The van der Waals surface area contributed by atoms with Gasteiger partial charge in [0.05, 0.1) is 6.07 Å². The first-order valence-corrected chi connectivity index (χ1v) is 3.84. The standard InChI is InChI=1S/C9H8ClN/c10-9(7-11)6-8-4-2-1-3-5-8/h1-5,9H,6H2. The molecule has 0 aliphatic rings. The van der Waals surface area contributed by atoms with Crippen molar-refractivity contribution in [3.05, 3.63) is 35.9 Å². The quantitative estimate of drug-likeness (QED) is 0.618. The highest BCUT2D eigenvalue weighted by Crippen LogP contribution is 2.06. The van der Waals surface area contributed by atoms with Crippen LogP contribution in [-0.2, 0) is 6.42 Å². The maximum Gasteiger partial charge on any atom is 0.124 e. The van der Waals surface area contributed by atoms with E-state index < -0.39 is 5.38 Å². The maximum atomic E-state index is 8.41. The van der Waals surface area contributed by atoms with Gasteiger partial charge in [-0.1, -0.05) is 30.3 Å². The van der Waals surface area contributed by atoms with Gasteiger partial charge in [-0.2, -0.15) is 5.26 Å². The van der Waals surface area contributed by atoms with E-state index in [-0.39, 0.29) is 0 Å². The molecule has 0 fully saturated rings. The second-order valence-electron chi connectivity index (χ2n) is 2.29. The predicted octanol–water partition coefficient (Wildman–Crippen LogP) is 2.36. The fraction of sp³-hybridized carbons (Fsp3) is 0.222. The van der Waals surface area contributed by atoms with Gasteiger partial charge in [0, 0.05) is 6.42 Å². The smallest absolute Gasteiger partial charge is 0.124 e. The zero-order chi connectivity index (χ0) is 8.10.